The van der Waals surface area contributed by atoms with Gasteiger partial charge in [0.15, 0.2) is 5.82 Å². The van der Waals surface area contributed by atoms with E-state index in [0.29, 0.717) is 49.3 Å². The molecule has 17 nitrogen and oxygen atoms in total. The molecule has 3 aromatic carbocycles. The number of carbonyl (C=O) groups is 4. The lowest BCUT2D eigenvalue weighted by molar-refractivity contribution is -0.144. The van der Waals surface area contributed by atoms with Gasteiger partial charge in [0.2, 0.25) is 23.6 Å². The van der Waals surface area contributed by atoms with Crippen LogP contribution in [0.2, 0.25) is 5.02 Å². The van der Waals surface area contributed by atoms with E-state index in [-0.39, 0.29) is 57.0 Å². The summed E-state index contributed by atoms with van der Waals surface area (Å²) >= 11 is 9.51. The molecule has 5 heterocycles. The molecule has 0 bridgehead atoms. The highest BCUT2D eigenvalue weighted by molar-refractivity contribution is 7.15. The molecule has 6 aromatic rings. The molecule has 0 saturated carbocycles. The summed E-state index contributed by atoms with van der Waals surface area (Å²) < 4.78 is 19.4. The number of thiophene rings is 1. The molecule has 408 valence electrons. The van der Waals surface area contributed by atoms with Gasteiger partial charge in [-0.15, -0.1) is 32.9 Å². The number of aromatic nitrogens is 4. The Labute approximate surface area is 462 Å². The zero-order valence-electron chi connectivity index (χ0n) is 44.9. The largest absolute Gasteiger partial charge is 0.494 e. The standard InChI is InChI=1S/C57H68ClN9O8S2/c1-33-36(4)77-56-49(33)50(40-15-19-42(58)20-16-40)62-45(53-65-64-37(5)67(53)56)28-47(69)61-34(2)39-17-21-44(22-18-39)75-26-10-24-73-23-9-25-74-31-48(70)63-52(57(6,7)8)55(72)66-30-43(68)27-46(66)54(71)59-29-38-11-13-41(14-12-38)51-35(3)60-32-76-51/h11-22,32,34,43,45-46,52,68H,9-10,23-31H2,1-8H3,(H,59,71)(H,61,69)(H,63,70)/t34-,43+,45-,46-,52?/m0/s1. The van der Waals surface area contributed by atoms with E-state index in [1.807, 2.05) is 124 Å². The first-order valence-corrected chi connectivity index (χ1v) is 28.0. The number of hydrogen-bond acceptors (Lipinski definition) is 14. The van der Waals surface area contributed by atoms with Crippen LogP contribution in [0.5, 0.6) is 5.75 Å². The van der Waals surface area contributed by atoms with Crippen LogP contribution in [0, 0.1) is 33.1 Å². The van der Waals surface area contributed by atoms with Crippen LogP contribution in [0.1, 0.15) is 115 Å². The van der Waals surface area contributed by atoms with Gasteiger partial charge in [0.25, 0.3) is 0 Å². The maximum Gasteiger partial charge on any atom is 0.246 e. The smallest absolute Gasteiger partial charge is 0.246 e. The van der Waals surface area contributed by atoms with Crippen LogP contribution in [0.4, 0.5) is 0 Å². The van der Waals surface area contributed by atoms with Gasteiger partial charge in [-0.25, -0.2) is 4.98 Å². The summed E-state index contributed by atoms with van der Waals surface area (Å²) in [5.41, 5.74) is 8.77. The van der Waals surface area contributed by atoms with Crippen molar-refractivity contribution >= 4 is 63.6 Å². The number of hydrogen-bond donors (Lipinski definition) is 4. The second-order valence-electron chi connectivity index (χ2n) is 20.6. The number of halogens is 1. The molecule has 0 radical (unpaired) electrons. The van der Waals surface area contributed by atoms with E-state index in [2.05, 4.69) is 45.0 Å². The number of thiazole rings is 1. The number of fused-ring (bicyclic) bond motifs is 3. The topological polar surface area (TPSA) is 211 Å². The van der Waals surface area contributed by atoms with Crippen molar-refractivity contribution < 1.29 is 38.5 Å². The average Bonchev–Trinajstić information content (AvgIpc) is 4.31. The molecule has 5 atom stereocenters. The van der Waals surface area contributed by atoms with Crippen LogP contribution in [0.25, 0.3) is 15.4 Å². The minimum atomic E-state index is -0.961. The Bertz CT molecular complexity index is 3060. The van der Waals surface area contributed by atoms with Crippen molar-refractivity contribution in [2.45, 2.75) is 118 Å². The Balaban J connectivity index is 0.720. The normalized spacial score (nSPS) is 16.9. The molecular formula is C57H68ClN9O8S2. The molecule has 0 aliphatic carbocycles. The number of aryl methyl sites for hydroxylation is 3. The maximum absolute atomic E-state index is 14.0. The van der Waals surface area contributed by atoms with Gasteiger partial charge in [-0.05, 0) is 93.0 Å². The minimum absolute atomic E-state index is 0.0161. The van der Waals surface area contributed by atoms with E-state index >= 15 is 0 Å². The summed E-state index contributed by atoms with van der Waals surface area (Å²) in [7, 11) is 0. The molecule has 1 saturated heterocycles. The summed E-state index contributed by atoms with van der Waals surface area (Å²) in [6.45, 7) is 17.1. The lowest BCUT2D eigenvalue weighted by atomic mass is 9.85. The van der Waals surface area contributed by atoms with Crippen molar-refractivity contribution in [1.82, 2.24) is 40.6 Å². The Morgan fingerprint density at radius 1 is 0.857 bits per heavy atom. The third kappa shape index (κ3) is 14.0. The number of ether oxygens (including phenoxy) is 3. The van der Waals surface area contributed by atoms with Gasteiger partial charge >= 0.3 is 0 Å². The fourth-order valence-corrected chi connectivity index (χ4v) is 11.6. The number of amides is 4. The van der Waals surface area contributed by atoms with Gasteiger partial charge in [-0.3, -0.25) is 28.7 Å². The van der Waals surface area contributed by atoms with Crippen LogP contribution >= 0.6 is 34.3 Å². The number of rotatable bonds is 22. The first kappa shape index (κ1) is 56.8. The number of carbonyl (C=O) groups excluding carboxylic acids is 4. The molecule has 2 aliphatic heterocycles. The third-order valence-corrected chi connectivity index (χ3v) is 16.1. The van der Waals surface area contributed by atoms with E-state index < -0.39 is 41.5 Å². The molecule has 1 fully saturated rings. The van der Waals surface area contributed by atoms with Gasteiger partial charge in [0.05, 0.1) is 47.0 Å². The lowest BCUT2D eigenvalue weighted by Crippen LogP contribution is -2.58. The van der Waals surface area contributed by atoms with Gasteiger partial charge in [-0.1, -0.05) is 80.9 Å². The zero-order chi connectivity index (χ0) is 55.0. The van der Waals surface area contributed by atoms with Crippen molar-refractivity contribution in [3.63, 3.8) is 0 Å². The summed E-state index contributed by atoms with van der Waals surface area (Å²) in [6, 6.07) is 20.4. The van der Waals surface area contributed by atoms with Crippen molar-refractivity contribution in [2.24, 2.45) is 10.4 Å². The van der Waals surface area contributed by atoms with Crippen molar-refractivity contribution in [1.29, 1.82) is 0 Å². The summed E-state index contributed by atoms with van der Waals surface area (Å²) in [6.07, 6.45) is 0.508. The summed E-state index contributed by atoms with van der Waals surface area (Å²) in [5.74, 6) is 0.609. The quantitative estimate of drug-likeness (QED) is 0.0474. The Morgan fingerprint density at radius 3 is 2.23 bits per heavy atom. The monoisotopic (exact) mass is 1110 g/mol. The van der Waals surface area contributed by atoms with Crippen molar-refractivity contribution in [2.75, 3.05) is 39.6 Å². The Hall–Kier alpha value is -6.35. The number of nitrogens with one attached hydrogen (secondary N) is 3. The van der Waals surface area contributed by atoms with Crippen LogP contribution in [0.15, 0.2) is 83.3 Å². The van der Waals surface area contributed by atoms with E-state index in [0.717, 1.165) is 60.5 Å². The highest BCUT2D eigenvalue weighted by Crippen LogP contribution is 2.40. The van der Waals surface area contributed by atoms with Crippen LogP contribution < -0.4 is 20.7 Å². The van der Waals surface area contributed by atoms with E-state index in [4.69, 9.17) is 30.8 Å². The minimum Gasteiger partial charge on any atom is -0.494 e. The van der Waals surface area contributed by atoms with E-state index in [9.17, 15) is 24.3 Å². The number of aliphatic hydroxyl groups is 1. The lowest BCUT2D eigenvalue weighted by Gasteiger charge is -2.35. The van der Waals surface area contributed by atoms with E-state index in [1.165, 1.54) is 9.78 Å². The molecule has 3 aromatic heterocycles. The first-order chi connectivity index (χ1) is 36.9. The van der Waals surface area contributed by atoms with Crippen LogP contribution in [-0.4, -0.2) is 117 Å². The molecule has 20 heteroatoms. The first-order valence-electron chi connectivity index (χ1n) is 25.9. The summed E-state index contributed by atoms with van der Waals surface area (Å²) in [5, 5.41) is 30.1. The molecule has 4 amide bonds. The highest BCUT2D eigenvalue weighted by atomic mass is 35.5. The van der Waals surface area contributed by atoms with Gasteiger partial charge in [0, 0.05) is 66.8 Å². The van der Waals surface area contributed by atoms with E-state index in [1.54, 1.807) is 22.7 Å². The fraction of sp³-hybridized carbons (Fsp3) is 0.439. The number of aliphatic imine (C=N–C) groups is 1. The Kier molecular flexibility index (Phi) is 18.8. The average molecular weight is 1110 g/mol. The maximum atomic E-state index is 14.0. The predicted molar refractivity (Wildman–Crippen MR) is 299 cm³/mol. The Morgan fingerprint density at radius 2 is 1.55 bits per heavy atom. The molecular weight excluding hydrogens is 1040 g/mol. The van der Waals surface area contributed by atoms with Gasteiger partial charge in [0.1, 0.15) is 41.3 Å². The highest BCUT2D eigenvalue weighted by Gasteiger charge is 2.44. The van der Waals surface area contributed by atoms with Gasteiger partial charge < -0.3 is 40.2 Å². The second kappa shape index (κ2) is 25.4. The molecule has 4 N–H and O–H groups in total. The molecule has 2 aliphatic rings. The van der Waals surface area contributed by atoms with Gasteiger partial charge in [-0.2, -0.15) is 0 Å². The number of β-amino-alcohol motifs (C(OH)–C–C–N with tert-alkyl or cyclic N) is 1. The second-order valence-corrected chi connectivity index (χ2v) is 23.1. The molecule has 1 unspecified atom stereocenters. The SMILES string of the molecule is Cc1ncsc1-c1ccc(CNC(=O)[C@@H]2C[C@@H](O)CN2C(=O)C(NC(=O)COCCCOCCCOc2ccc([C@H](C)NC(=O)C[C@@H]3N=C(c4ccc(Cl)cc4)c4c(sc(C)c4C)-n4c(C)nnc43)cc2)C(C)(C)C)cc1. The number of benzene rings is 3. The summed E-state index contributed by atoms with van der Waals surface area (Å²) in [4.78, 5) is 67.5. The third-order valence-electron chi connectivity index (χ3n) is 13.7. The fourth-order valence-electron chi connectivity index (χ4n) is 9.41. The van der Waals surface area contributed by atoms with Crippen LogP contribution in [-0.2, 0) is 35.2 Å². The predicted octanol–water partition coefficient (Wildman–Crippen LogP) is 8.50. The van der Waals surface area contributed by atoms with Crippen molar-refractivity contribution in [3.8, 4) is 21.2 Å². The van der Waals surface area contributed by atoms with Crippen molar-refractivity contribution in [3.05, 3.63) is 133 Å². The number of aliphatic hydroxyl groups excluding tert-OH is 1. The molecule has 77 heavy (non-hydrogen) atoms. The number of likely N-dealkylation sites (tertiary alicyclic amines) is 1. The zero-order valence-corrected chi connectivity index (χ0v) is 47.2. The molecule has 8 rings (SSSR count). The molecule has 0 spiro atoms. The van der Waals surface area contributed by atoms with Crippen LogP contribution in [0.3, 0.4) is 0 Å². The number of nitrogens with zero attached hydrogens (tertiary/aromatic N) is 6.